The van der Waals surface area contributed by atoms with Crippen molar-refractivity contribution in [3.63, 3.8) is 0 Å². The van der Waals surface area contributed by atoms with Gasteiger partial charge in [0.1, 0.15) is 52.3 Å². The van der Waals surface area contributed by atoms with Crippen molar-refractivity contribution < 1.29 is 130 Å². The molecular formula is C66H56O27. The Balaban J connectivity index is 0.000000209. The molecular weight excluding hydrogens is 1220 g/mol. The zero-order valence-electron chi connectivity index (χ0n) is 48.2. The second-order valence-corrected chi connectivity index (χ2v) is 22.0. The van der Waals surface area contributed by atoms with Crippen molar-refractivity contribution in [1.82, 2.24) is 0 Å². The Kier molecular flexibility index (Phi) is 17.6. The number of hydrogen-bond donors (Lipinski definition) is 17. The van der Waals surface area contributed by atoms with Gasteiger partial charge < -0.3 is 110 Å². The van der Waals surface area contributed by atoms with Crippen LogP contribution in [0.2, 0.25) is 0 Å². The molecule has 27 nitrogen and oxygen atoms in total. The number of aromatic hydroxyl groups is 13. The van der Waals surface area contributed by atoms with E-state index in [-0.39, 0.29) is 115 Å². The quantitative estimate of drug-likeness (QED) is 0.0329. The predicted octanol–water partition coefficient (Wildman–Crippen LogP) is 6.15. The van der Waals surface area contributed by atoms with Crippen LogP contribution in [0.15, 0.2) is 120 Å². The van der Waals surface area contributed by atoms with E-state index in [1.807, 2.05) is 0 Å². The molecule has 0 fully saturated rings. The molecule has 0 amide bonds. The topological polar surface area (TPSA) is 475 Å². The normalized spacial score (nSPS) is 18.4. The lowest BCUT2D eigenvalue weighted by atomic mass is 9.86. The standard InChI is InChI=1S/C37H32O15.C29H24O12/c1-17-12-18(2-7-22(17)38)14-28(35(45)46)50-30(44)11-6-20-4-10-25(41)34-31(20)32(33(52-34)21-5-9-24(40)27(43)16-21)37(49)51-29(36(47)48)15-19-3-8-23(39)26(42)13-19;30-10-3-17(33)13-7-20(36)28(40-22(13)5-10)12-1-2-16(32)26(38)25-24(12)15(9-19(35)27(25)39)29-21(37)8-14-18(34)4-11(31)6-23(14)41-29/h2-13,16,28-29,32-33,38-43H,14-15H2,1H3,(H,45,46)(H,47,48);1-6,9,20-21,28-31,33-37,39H,7-8H2,(H,32,38)/b11-6+;/t28-,29-,32+,33-;20-,21-,28-,29?/m11/s1. The number of esters is 2. The van der Waals surface area contributed by atoms with E-state index in [0.29, 0.717) is 11.1 Å². The number of phenolic OH excluding ortho intramolecular Hbond substituents is 12. The predicted molar refractivity (Wildman–Crippen MR) is 319 cm³/mol. The van der Waals surface area contributed by atoms with Gasteiger partial charge >= 0.3 is 23.9 Å². The first-order valence-electron chi connectivity index (χ1n) is 28.0. The van der Waals surface area contributed by atoms with Gasteiger partial charge in [0.25, 0.3) is 0 Å². The second kappa shape index (κ2) is 25.5. The third-order valence-electron chi connectivity index (χ3n) is 15.7. The molecule has 0 radical (unpaired) electrons. The molecule has 8 aromatic rings. The molecule has 27 heteroatoms. The van der Waals surface area contributed by atoms with Crippen LogP contribution in [0.1, 0.15) is 79.9 Å². The third-order valence-corrected chi connectivity index (χ3v) is 15.7. The summed E-state index contributed by atoms with van der Waals surface area (Å²) in [4.78, 5) is 64.3. The minimum atomic E-state index is -1.83. The number of phenols is 12. The first-order valence-corrected chi connectivity index (χ1v) is 28.0. The van der Waals surface area contributed by atoms with Gasteiger partial charge in [-0.3, -0.25) is 9.59 Å². The number of rotatable bonds is 14. The van der Waals surface area contributed by atoms with Gasteiger partial charge in [0.05, 0.1) is 17.6 Å². The van der Waals surface area contributed by atoms with E-state index in [1.54, 1.807) is 13.0 Å². The molecule has 0 bridgehead atoms. The number of carbonyl (C=O) groups excluding carboxylic acids is 2. The van der Waals surface area contributed by atoms with Crippen molar-refractivity contribution in [2.75, 3.05) is 0 Å². The number of carboxylic acids is 2. The van der Waals surface area contributed by atoms with Crippen LogP contribution in [-0.4, -0.2) is 135 Å². The molecule has 3 heterocycles. The largest absolute Gasteiger partial charge is 0.508 e. The number of carboxylic acid groups (broad SMARTS) is 2. The van der Waals surface area contributed by atoms with Crippen LogP contribution in [0, 0.1) is 6.92 Å². The number of benzene rings is 7. The summed E-state index contributed by atoms with van der Waals surface area (Å²) in [7, 11) is 0. The molecule has 3 aliphatic rings. The van der Waals surface area contributed by atoms with Crippen LogP contribution in [-0.2, 0) is 54.3 Å². The molecule has 17 N–H and O–H groups in total. The SMILES string of the molecule is Cc1cc(C[C@@H](OC(=O)/C=C/c2ccc(O)c3c2[C@H](C(=O)O[C@H](Cc2ccc(O)c(O)c2)C(=O)O)[C@@H](c2ccc(O)c(O)c2)O3)C(=O)O)ccc1O.O=c1c(O)ccc([C@H]2Oc3cc(O)cc(O)c3C[C@H]2O)c2c(C3Oc4cc(O)cc(O)c4C[C@H]3O)cc(O)c(O)c12. The number of aliphatic hydroxyl groups excluding tert-OH is 2. The maximum Gasteiger partial charge on any atom is 0.345 e. The van der Waals surface area contributed by atoms with Crippen LogP contribution in [0.5, 0.6) is 92.0 Å². The van der Waals surface area contributed by atoms with E-state index in [1.165, 1.54) is 60.7 Å². The number of fused-ring (bicyclic) bond motifs is 4. The smallest absolute Gasteiger partial charge is 0.345 e. The first-order chi connectivity index (χ1) is 44.1. The zero-order chi connectivity index (χ0) is 67.2. The van der Waals surface area contributed by atoms with E-state index in [0.717, 1.165) is 54.6 Å². The van der Waals surface area contributed by atoms with Crippen LogP contribution >= 0.6 is 0 Å². The summed E-state index contributed by atoms with van der Waals surface area (Å²) in [6.45, 7) is 1.62. The average molecular weight is 1280 g/mol. The molecule has 3 aliphatic heterocycles. The zero-order valence-corrected chi connectivity index (χ0v) is 48.2. The molecule has 0 aromatic heterocycles. The number of aliphatic carboxylic acids is 2. The molecule has 93 heavy (non-hydrogen) atoms. The highest BCUT2D eigenvalue weighted by Crippen LogP contribution is 2.54. The maximum absolute atomic E-state index is 14.0. The van der Waals surface area contributed by atoms with Gasteiger partial charge in [-0.15, -0.1) is 0 Å². The Morgan fingerprint density at radius 1 is 0.516 bits per heavy atom. The molecule has 0 saturated carbocycles. The van der Waals surface area contributed by atoms with Gasteiger partial charge in [-0.25, -0.2) is 14.4 Å². The Labute approximate surface area is 523 Å². The van der Waals surface area contributed by atoms with Crippen molar-refractivity contribution in [2.24, 2.45) is 0 Å². The summed E-state index contributed by atoms with van der Waals surface area (Å²) in [6.07, 6.45) is -9.11. The number of hydrogen-bond acceptors (Lipinski definition) is 25. The number of aliphatic hydroxyl groups is 2. The van der Waals surface area contributed by atoms with Gasteiger partial charge in [-0.05, 0) is 89.3 Å². The minimum Gasteiger partial charge on any atom is -0.508 e. The summed E-state index contributed by atoms with van der Waals surface area (Å²) in [5.41, 5.74) is 0.597. The highest BCUT2D eigenvalue weighted by molar-refractivity contribution is 5.97. The molecule has 0 spiro atoms. The average Bonchev–Trinajstić information content (AvgIpc) is 1.74. The summed E-state index contributed by atoms with van der Waals surface area (Å²) < 4.78 is 28.5. The second-order valence-electron chi connectivity index (χ2n) is 22.0. The lowest BCUT2D eigenvalue weighted by Crippen LogP contribution is -2.33. The third kappa shape index (κ3) is 12.9. The van der Waals surface area contributed by atoms with Gasteiger partial charge in [-0.1, -0.05) is 36.4 Å². The van der Waals surface area contributed by atoms with E-state index in [9.17, 15) is 111 Å². The van der Waals surface area contributed by atoms with Crippen molar-refractivity contribution >= 4 is 40.7 Å². The molecule has 1 unspecified atom stereocenters. The molecule has 482 valence electrons. The van der Waals surface area contributed by atoms with Crippen molar-refractivity contribution in [2.45, 2.75) is 81.3 Å². The summed E-state index contributed by atoms with van der Waals surface area (Å²) in [5.74, 6) is -13.3. The Morgan fingerprint density at radius 3 is 1.61 bits per heavy atom. The van der Waals surface area contributed by atoms with Crippen LogP contribution in [0.3, 0.4) is 0 Å². The van der Waals surface area contributed by atoms with Crippen LogP contribution < -0.4 is 19.6 Å². The van der Waals surface area contributed by atoms with E-state index in [2.05, 4.69) is 0 Å². The lowest BCUT2D eigenvalue weighted by Gasteiger charge is -2.34. The fourth-order valence-corrected chi connectivity index (χ4v) is 11.2. The van der Waals surface area contributed by atoms with Crippen LogP contribution in [0.25, 0.3) is 16.8 Å². The molecule has 8 atom stereocenters. The molecule has 8 aromatic carbocycles. The highest BCUT2D eigenvalue weighted by atomic mass is 16.6. The number of ether oxygens (including phenoxy) is 5. The minimum absolute atomic E-state index is 0.00344. The molecule has 0 aliphatic carbocycles. The van der Waals surface area contributed by atoms with E-state index < -0.39 is 136 Å². The maximum atomic E-state index is 14.0. The van der Waals surface area contributed by atoms with Crippen LogP contribution in [0.4, 0.5) is 0 Å². The van der Waals surface area contributed by atoms with Gasteiger partial charge in [0, 0.05) is 89.2 Å². The van der Waals surface area contributed by atoms with Gasteiger partial charge in [-0.2, -0.15) is 0 Å². The molecule has 0 saturated heterocycles. The fraction of sp³-hybridized carbons (Fsp3) is 0.197. The first kappa shape index (κ1) is 64.0. The van der Waals surface area contributed by atoms with Crippen molar-refractivity contribution in [3.8, 4) is 92.0 Å². The van der Waals surface area contributed by atoms with Crippen molar-refractivity contribution in [3.05, 3.63) is 181 Å². The monoisotopic (exact) mass is 1280 g/mol. The number of aryl methyl sites for hydroxylation is 1. The summed E-state index contributed by atoms with van der Waals surface area (Å²) in [5, 5.41) is 174. The fourth-order valence-electron chi connectivity index (χ4n) is 11.2. The number of carbonyl (C=O) groups is 4. The molecule has 11 rings (SSSR count). The van der Waals surface area contributed by atoms with Gasteiger partial charge in [0.2, 0.25) is 17.6 Å². The lowest BCUT2D eigenvalue weighted by molar-refractivity contribution is -0.166. The Hall–Kier alpha value is -12.0. The van der Waals surface area contributed by atoms with E-state index in [4.69, 9.17) is 23.7 Å². The summed E-state index contributed by atoms with van der Waals surface area (Å²) >= 11 is 0. The highest BCUT2D eigenvalue weighted by Gasteiger charge is 2.46. The van der Waals surface area contributed by atoms with Gasteiger partial charge in [0.15, 0.2) is 64.0 Å². The summed E-state index contributed by atoms with van der Waals surface area (Å²) in [6, 6.07) is 21.9. The van der Waals surface area contributed by atoms with Crippen molar-refractivity contribution in [1.29, 1.82) is 0 Å². The van der Waals surface area contributed by atoms with E-state index >= 15 is 0 Å². The Morgan fingerprint density at radius 2 is 1.04 bits per heavy atom. The Bertz CT molecular complexity index is 4440.